The minimum absolute atomic E-state index is 0.188. The molecule has 0 saturated heterocycles. The van der Waals surface area contributed by atoms with E-state index in [2.05, 4.69) is 11.9 Å². The van der Waals surface area contributed by atoms with Gasteiger partial charge in [0.05, 0.1) is 17.3 Å². The molecule has 0 amide bonds. The van der Waals surface area contributed by atoms with Crippen LogP contribution in [-0.2, 0) is 11.2 Å². The Morgan fingerprint density at radius 1 is 1.41 bits per heavy atom. The summed E-state index contributed by atoms with van der Waals surface area (Å²) >= 11 is 1.51. The Morgan fingerprint density at radius 3 is 2.71 bits per heavy atom. The Balaban J connectivity index is 2.28. The highest BCUT2D eigenvalue weighted by atomic mass is 32.1. The molecule has 0 aromatic carbocycles. The van der Waals surface area contributed by atoms with Crippen LogP contribution in [0.2, 0.25) is 0 Å². The Labute approximate surface area is 106 Å². The number of ether oxygens (including phenoxy) is 1. The lowest BCUT2D eigenvalue weighted by Crippen LogP contribution is -2.07. The second-order valence-electron chi connectivity index (χ2n) is 4.38. The van der Waals surface area contributed by atoms with Crippen LogP contribution in [0.5, 0.6) is 0 Å². The van der Waals surface area contributed by atoms with E-state index in [1.807, 2.05) is 6.92 Å². The molecule has 4 heteroatoms. The molecule has 0 aliphatic heterocycles. The van der Waals surface area contributed by atoms with Gasteiger partial charge in [0.1, 0.15) is 4.88 Å². The fraction of sp³-hybridized carbons (Fsp3) is 0.692. The molecule has 0 spiro atoms. The number of esters is 1. The summed E-state index contributed by atoms with van der Waals surface area (Å²) in [4.78, 5) is 17.3. The van der Waals surface area contributed by atoms with Crippen molar-refractivity contribution in [2.24, 2.45) is 0 Å². The van der Waals surface area contributed by atoms with Crippen molar-refractivity contribution in [1.82, 2.24) is 4.98 Å². The van der Waals surface area contributed by atoms with Crippen LogP contribution < -0.4 is 0 Å². The van der Waals surface area contributed by atoms with Crippen molar-refractivity contribution >= 4 is 17.3 Å². The average molecular weight is 253 g/mol. The molecule has 0 bridgehead atoms. The zero-order valence-electron chi connectivity index (χ0n) is 10.5. The molecule has 1 heterocycles. The Bertz CT molecular complexity index is 394. The highest BCUT2D eigenvalue weighted by Crippen LogP contribution is 2.37. The fourth-order valence-electron chi connectivity index (χ4n) is 2.35. The van der Waals surface area contributed by atoms with E-state index < -0.39 is 0 Å². The fourth-order valence-corrected chi connectivity index (χ4v) is 3.33. The molecule has 17 heavy (non-hydrogen) atoms. The van der Waals surface area contributed by atoms with Crippen molar-refractivity contribution in [2.45, 2.75) is 51.9 Å². The van der Waals surface area contributed by atoms with Crippen LogP contribution in [0.25, 0.3) is 0 Å². The first-order valence-corrected chi connectivity index (χ1v) is 7.24. The van der Waals surface area contributed by atoms with E-state index in [0.29, 0.717) is 12.5 Å². The number of thiazole rings is 1. The lowest BCUT2D eigenvalue weighted by atomic mass is 10.0. The molecule has 0 atom stereocenters. The third-order valence-corrected chi connectivity index (χ3v) is 4.40. The summed E-state index contributed by atoms with van der Waals surface area (Å²) in [7, 11) is 0. The topological polar surface area (TPSA) is 39.2 Å². The number of hydrogen-bond donors (Lipinski definition) is 0. The molecule has 94 valence electrons. The molecule has 0 N–H and O–H groups in total. The molecule has 1 aromatic heterocycles. The third-order valence-electron chi connectivity index (χ3n) is 3.20. The van der Waals surface area contributed by atoms with Crippen LogP contribution in [0.15, 0.2) is 0 Å². The highest BCUT2D eigenvalue weighted by molar-refractivity contribution is 7.13. The summed E-state index contributed by atoms with van der Waals surface area (Å²) in [6.07, 6.45) is 5.74. The predicted molar refractivity (Wildman–Crippen MR) is 68.7 cm³/mol. The quantitative estimate of drug-likeness (QED) is 0.770. The number of rotatable bonds is 4. The molecular formula is C13H19NO2S. The van der Waals surface area contributed by atoms with Gasteiger partial charge in [-0.05, 0) is 26.2 Å². The average Bonchev–Trinajstić information content (AvgIpc) is 2.98. The minimum atomic E-state index is -0.188. The summed E-state index contributed by atoms with van der Waals surface area (Å²) in [5.74, 6) is 0.289. The van der Waals surface area contributed by atoms with E-state index >= 15 is 0 Å². The van der Waals surface area contributed by atoms with Gasteiger partial charge in [-0.3, -0.25) is 0 Å². The van der Waals surface area contributed by atoms with Gasteiger partial charge in [0.15, 0.2) is 0 Å². The van der Waals surface area contributed by atoms with Gasteiger partial charge in [0.2, 0.25) is 0 Å². The van der Waals surface area contributed by atoms with E-state index in [9.17, 15) is 4.79 Å². The second-order valence-corrected chi connectivity index (χ2v) is 5.46. The number of carbonyl (C=O) groups excluding carboxylic acids is 1. The first-order chi connectivity index (χ1) is 8.26. The van der Waals surface area contributed by atoms with Crippen LogP contribution in [0.3, 0.4) is 0 Å². The summed E-state index contributed by atoms with van der Waals surface area (Å²) in [6.45, 7) is 4.35. The van der Waals surface area contributed by atoms with Gasteiger partial charge in [-0.15, -0.1) is 11.3 Å². The van der Waals surface area contributed by atoms with Gasteiger partial charge in [0, 0.05) is 5.92 Å². The summed E-state index contributed by atoms with van der Waals surface area (Å²) in [5, 5.41) is 1.05. The zero-order chi connectivity index (χ0) is 12.3. The molecule has 0 unspecified atom stereocenters. The zero-order valence-corrected chi connectivity index (χ0v) is 11.3. The smallest absolute Gasteiger partial charge is 0.350 e. The van der Waals surface area contributed by atoms with Crippen molar-refractivity contribution in [3.63, 3.8) is 0 Å². The van der Waals surface area contributed by atoms with Crippen LogP contribution in [0.1, 0.15) is 65.8 Å². The molecule has 1 aliphatic rings. The molecule has 3 nitrogen and oxygen atoms in total. The van der Waals surface area contributed by atoms with Gasteiger partial charge in [0.25, 0.3) is 0 Å². The summed E-state index contributed by atoms with van der Waals surface area (Å²) in [6, 6.07) is 0. The van der Waals surface area contributed by atoms with Crippen molar-refractivity contribution < 1.29 is 9.53 Å². The van der Waals surface area contributed by atoms with Gasteiger partial charge >= 0.3 is 5.97 Å². The van der Waals surface area contributed by atoms with Crippen LogP contribution >= 0.6 is 11.3 Å². The van der Waals surface area contributed by atoms with Crippen LogP contribution in [-0.4, -0.2) is 17.6 Å². The van der Waals surface area contributed by atoms with Crippen molar-refractivity contribution in [3.8, 4) is 0 Å². The molecule has 1 aliphatic carbocycles. The minimum Gasteiger partial charge on any atom is -0.462 e. The van der Waals surface area contributed by atoms with Crippen molar-refractivity contribution in [2.75, 3.05) is 6.61 Å². The first-order valence-electron chi connectivity index (χ1n) is 6.43. The molecule has 1 aromatic rings. The number of nitrogens with zero attached hydrogens (tertiary/aromatic N) is 1. The summed E-state index contributed by atoms with van der Waals surface area (Å²) < 4.78 is 5.12. The maximum Gasteiger partial charge on any atom is 0.350 e. The van der Waals surface area contributed by atoms with E-state index in [-0.39, 0.29) is 5.97 Å². The predicted octanol–water partition coefficient (Wildman–Crippen LogP) is 3.54. The van der Waals surface area contributed by atoms with Crippen molar-refractivity contribution in [1.29, 1.82) is 0 Å². The number of carbonyl (C=O) groups is 1. The van der Waals surface area contributed by atoms with Crippen molar-refractivity contribution in [3.05, 3.63) is 15.6 Å². The molecule has 1 fully saturated rings. The lowest BCUT2D eigenvalue weighted by Gasteiger charge is -2.07. The Hall–Kier alpha value is -0.900. The first kappa shape index (κ1) is 12.6. The number of aryl methyl sites for hydroxylation is 1. The maximum absolute atomic E-state index is 11.9. The molecular weight excluding hydrogens is 234 g/mol. The van der Waals surface area contributed by atoms with Gasteiger partial charge in [-0.25, -0.2) is 9.78 Å². The molecule has 0 radical (unpaired) electrons. The normalized spacial score (nSPS) is 16.4. The molecule has 1 saturated carbocycles. The summed E-state index contributed by atoms with van der Waals surface area (Å²) in [5.41, 5.74) is 1.00. The van der Waals surface area contributed by atoms with Crippen LogP contribution in [0.4, 0.5) is 0 Å². The van der Waals surface area contributed by atoms with E-state index in [1.54, 1.807) is 0 Å². The monoisotopic (exact) mass is 253 g/mol. The largest absolute Gasteiger partial charge is 0.462 e. The Morgan fingerprint density at radius 2 is 2.12 bits per heavy atom. The van der Waals surface area contributed by atoms with E-state index in [4.69, 9.17) is 4.74 Å². The highest BCUT2D eigenvalue weighted by Gasteiger charge is 2.27. The van der Waals surface area contributed by atoms with Crippen LogP contribution in [0, 0.1) is 0 Å². The van der Waals surface area contributed by atoms with Gasteiger partial charge in [-0.2, -0.15) is 0 Å². The standard InChI is InChI=1S/C13H19NO2S/c1-3-10-14-11(9-7-5-6-8-9)12(17-10)13(15)16-4-2/h9H,3-8H2,1-2H3. The third kappa shape index (κ3) is 2.68. The maximum atomic E-state index is 11.9. The number of hydrogen-bond acceptors (Lipinski definition) is 4. The number of aromatic nitrogens is 1. The van der Waals surface area contributed by atoms with E-state index in [1.165, 1.54) is 37.0 Å². The second kappa shape index (κ2) is 5.63. The lowest BCUT2D eigenvalue weighted by molar-refractivity contribution is 0.0530. The molecule has 2 rings (SSSR count). The van der Waals surface area contributed by atoms with E-state index in [0.717, 1.165) is 22.0 Å². The van der Waals surface area contributed by atoms with Gasteiger partial charge in [-0.1, -0.05) is 19.8 Å². The Kier molecular flexibility index (Phi) is 4.15. The van der Waals surface area contributed by atoms with Gasteiger partial charge < -0.3 is 4.74 Å². The SMILES string of the molecule is CCOC(=O)c1sc(CC)nc1C1CCCC1.